The number of halogens is 2. The van der Waals surface area contributed by atoms with Crippen molar-refractivity contribution in [3.05, 3.63) is 70.0 Å². The lowest BCUT2D eigenvalue weighted by molar-refractivity contribution is 0.530. The van der Waals surface area contributed by atoms with Crippen molar-refractivity contribution in [1.29, 1.82) is 0 Å². The smallest absolute Gasteiger partial charge is 0.123 e. The van der Waals surface area contributed by atoms with Crippen LogP contribution in [0, 0.1) is 5.82 Å². The lowest BCUT2D eigenvalue weighted by Gasteiger charge is -2.11. The third kappa shape index (κ3) is 2.96. The van der Waals surface area contributed by atoms with Gasteiger partial charge in [-0.05, 0) is 53.8 Å². The molecule has 0 radical (unpaired) electrons. The molecule has 2 aromatic rings. The first-order valence-corrected chi connectivity index (χ1v) is 6.83. The van der Waals surface area contributed by atoms with Crippen molar-refractivity contribution in [1.82, 2.24) is 5.32 Å². The second-order valence-corrected chi connectivity index (χ2v) is 5.47. The zero-order valence-corrected chi connectivity index (χ0v) is 11.3. The molecule has 0 spiro atoms. The molecule has 1 aliphatic carbocycles. The van der Waals surface area contributed by atoms with E-state index in [1.165, 1.54) is 17.2 Å². The van der Waals surface area contributed by atoms with Gasteiger partial charge < -0.3 is 5.32 Å². The van der Waals surface area contributed by atoms with Crippen molar-refractivity contribution in [2.45, 2.75) is 25.4 Å². The van der Waals surface area contributed by atoms with Crippen molar-refractivity contribution in [3.63, 3.8) is 0 Å². The Labute approximate surface area is 117 Å². The van der Waals surface area contributed by atoms with E-state index in [2.05, 4.69) is 11.4 Å². The van der Waals surface area contributed by atoms with Crippen molar-refractivity contribution in [2.24, 2.45) is 0 Å². The van der Waals surface area contributed by atoms with E-state index < -0.39 is 0 Å². The van der Waals surface area contributed by atoms with Crippen LogP contribution in [-0.4, -0.2) is 6.04 Å². The van der Waals surface area contributed by atoms with Crippen LogP contribution in [0.4, 0.5) is 4.39 Å². The fourth-order valence-corrected chi connectivity index (χ4v) is 2.83. The number of hydrogen-bond acceptors (Lipinski definition) is 1. The van der Waals surface area contributed by atoms with Gasteiger partial charge in [0, 0.05) is 17.6 Å². The molecule has 1 N–H and O–H groups in total. The minimum atomic E-state index is -0.180. The summed E-state index contributed by atoms with van der Waals surface area (Å²) in [5.74, 6) is -0.180. The first-order chi connectivity index (χ1) is 9.20. The van der Waals surface area contributed by atoms with Gasteiger partial charge in [-0.2, -0.15) is 0 Å². The topological polar surface area (TPSA) is 12.0 Å². The molecular formula is C16H15ClFN. The highest BCUT2D eigenvalue weighted by Crippen LogP contribution is 2.25. The van der Waals surface area contributed by atoms with Gasteiger partial charge >= 0.3 is 0 Å². The van der Waals surface area contributed by atoms with E-state index in [-0.39, 0.29) is 5.82 Å². The molecule has 0 heterocycles. The first-order valence-electron chi connectivity index (χ1n) is 6.46. The number of hydrogen-bond donors (Lipinski definition) is 1. The summed E-state index contributed by atoms with van der Waals surface area (Å²) < 4.78 is 13.1. The third-order valence-corrected chi connectivity index (χ3v) is 3.82. The molecule has 0 aromatic heterocycles. The molecule has 1 aliphatic rings. The molecule has 1 atom stereocenters. The van der Waals surface area contributed by atoms with Crippen LogP contribution in [0.2, 0.25) is 5.02 Å². The Balaban J connectivity index is 1.62. The molecular weight excluding hydrogens is 261 g/mol. The summed E-state index contributed by atoms with van der Waals surface area (Å²) in [6, 6.07) is 13.2. The van der Waals surface area contributed by atoms with Gasteiger partial charge in [0.25, 0.3) is 0 Å². The van der Waals surface area contributed by atoms with E-state index in [0.29, 0.717) is 12.6 Å². The Hall–Kier alpha value is -1.38. The molecule has 98 valence electrons. The maximum atomic E-state index is 13.1. The number of benzene rings is 2. The normalized spacial score (nSPS) is 17.5. The highest BCUT2D eigenvalue weighted by atomic mass is 35.5. The Kier molecular flexibility index (Phi) is 3.54. The van der Waals surface area contributed by atoms with Crippen molar-refractivity contribution in [2.75, 3.05) is 0 Å². The molecule has 3 heteroatoms. The minimum absolute atomic E-state index is 0.180. The Morgan fingerprint density at radius 3 is 2.79 bits per heavy atom. The number of fused-ring (bicyclic) bond motifs is 1. The fourth-order valence-electron chi connectivity index (χ4n) is 2.64. The van der Waals surface area contributed by atoms with Crippen LogP contribution in [0.5, 0.6) is 0 Å². The van der Waals surface area contributed by atoms with Gasteiger partial charge in [-0.3, -0.25) is 0 Å². The average Bonchev–Trinajstić information content (AvgIpc) is 2.78. The van der Waals surface area contributed by atoms with Gasteiger partial charge in [-0.1, -0.05) is 29.8 Å². The van der Waals surface area contributed by atoms with Crippen LogP contribution in [0.15, 0.2) is 42.5 Å². The van der Waals surface area contributed by atoms with Crippen molar-refractivity contribution >= 4 is 11.6 Å². The monoisotopic (exact) mass is 275 g/mol. The second-order valence-electron chi connectivity index (χ2n) is 5.03. The summed E-state index contributed by atoms with van der Waals surface area (Å²) in [7, 11) is 0. The number of nitrogens with one attached hydrogen (secondary N) is 1. The van der Waals surface area contributed by atoms with Crippen LogP contribution < -0.4 is 5.32 Å². The standard InChI is InChI=1S/C16H15ClFN/c17-14-5-4-12-8-16(9-13(12)7-14)19-10-11-2-1-3-15(18)6-11/h1-7,16,19H,8-10H2. The zero-order valence-electron chi connectivity index (χ0n) is 10.5. The molecule has 0 fully saturated rings. The summed E-state index contributed by atoms with van der Waals surface area (Å²) in [6.07, 6.45) is 2.01. The third-order valence-electron chi connectivity index (χ3n) is 3.58. The molecule has 1 nitrogen and oxygen atoms in total. The highest BCUT2D eigenvalue weighted by Gasteiger charge is 2.20. The summed E-state index contributed by atoms with van der Waals surface area (Å²) in [6.45, 7) is 0.699. The van der Waals surface area contributed by atoms with Gasteiger partial charge in [0.05, 0.1) is 0 Å². The van der Waals surface area contributed by atoms with E-state index in [1.54, 1.807) is 12.1 Å². The van der Waals surface area contributed by atoms with Gasteiger partial charge in [0.2, 0.25) is 0 Å². The molecule has 0 saturated heterocycles. The van der Waals surface area contributed by atoms with Crippen molar-refractivity contribution < 1.29 is 4.39 Å². The first kappa shape index (κ1) is 12.6. The van der Waals surface area contributed by atoms with Gasteiger partial charge in [0.15, 0.2) is 0 Å². The summed E-state index contributed by atoms with van der Waals surface area (Å²) in [4.78, 5) is 0. The summed E-state index contributed by atoms with van der Waals surface area (Å²) in [5.41, 5.74) is 3.67. The SMILES string of the molecule is Fc1cccc(CNC2Cc3ccc(Cl)cc3C2)c1. The Morgan fingerprint density at radius 2 is 1.95 bits per heavy atom. The van der Waals surface area contributed by atoms with Crippen LogP contribution >= 0.6 is 11.6 Å². The highest BCUT2D eigenvalue weighted by molar-refractivity contribution is 6.30. The van der Waals surface area contributed by atoms with Crippen LogP contribution in [0.3, 0.4) is 0 Å². The van der Waals surface area contributed by atoms with Gasteiger partial charge in [0.1, 0.15) is 5.82 Å². The predicted molar refractivity (Wildman–Crippen MR) is 75.9 cm³/mol. The fraction of sp³-hybridized carbons (Fsp3) is 0.250. The lowest BCUT2D eigenvalue weighted by Crippen LogP contribution is -2.28. The lowest BCUT2D eigenvalue weighted by atomic mass is 10.1. The maximum absolute atomic E-state index is 13.1. The van der Waals surface area contributed by atoms with Gasteiger partial charge in [-0.25, -0.2) is 4.39 Å². The Bertz CT molecular complexity index is 597. The minimum Gasteiger partial charge on any atom is -0.309 e. The van der Waals surface area contributed by atoms with Gasteiger partial charge in [-0.15, -0.1) is 0 Å². The molecule has 1 unspecified atom stereocenters. The molecule has 19 heavy (non-hydrogen) atoms. The molecule has 3 rings (SSSR count). The largest absolute Gasteiger partial charge is 0.309 e. The number of rotatable bonds is 3. The quantitative estimate of drug-likeness (QED) is 0.900. The molecule has 0 saturated carbocycles. The predicted octanol–water partition coefficient (Wildman–Crippen LogP) is 3.74. The summed E-state index contributed by atoms with van der Waals surface area (Å²) in [5, 5.41) is 4.28. The maximum Gasteiger partial charge on any atom is 0.123 e. The molecule has 2 aromatic carbocycles. The van der Waals surface area contributed by atoms with E-state index in [4.69, 9.17) is 11.6 Å². The van der Waals surface area contributed by atoms with Crippen LogP contribution in [0.1, 0.15) is 16.7 Å². The Morgan fingerprint density at radius 1 is 1.11 bits per heavy atom. The van der Waals surface area contributed by atoms with E-state index in [0.717, 1.165) is 23.4 Å². The van der Waals surface area contributed by atoms with E-state index in [9.17, 15) is 4.39 Å². The zero-order chi connectivity index (χ0) is 13.2. The molecule has 0 amide bonds. The van der Waals surface area contributed by atoms with Crippen LogP contribution in [0.25, 0.3) is 0 Å². The van der Waals surface area contributed by atoms with E-state index in [1.807, 2.05) is 18.2 Å². The summed E-state index contributed by atoms with van der Waals surface area (Å²) >= 11 is 6.00. The van der Waals surface area contributed by atoms with E-state index >= 15 is 0 Å². The molecule has 0 aliphatic heterocycles. The second kappa shape index (κ2) is 5.32. The van der Waals surface area contributed by atoms with Crippen molar-refractivity contribution in [3.8, 4) is 0 Å². The van der Waals surface area contributed by atoms with Crippen LogP contribution in [-0.2, 0) is 19.4 Å². The molecule has 0 bridgehead atoms. The average molecular weight is 276 g/mol.